The number of nitrogens with one attached hydrogen (secondary N) is 1. The van der Waals surface area contributed by atoms with Crippen molar-refractivity contribution >= 4 is 11.8 Å². The highest BCUT2D eigenvalue weighted by Crippen LogP contribution is 2.04. The van der Waals surface area contributed by atoms with Crippen LogP contribution >= 0.6 is 0 Å². The number of carbonyl (C=O) groups excluding carboxylic acids is 2. The molecule has 82 valence electrons. The first-order valence-electron chi connectivity index (χ1n) is 4.71. The Morgan fingerprint density at radius 2 is 1.79 bits per heavy atom. The van der Waals surface area contributed by atoms with Crippen molar-refractivity contribution in [1.29, 1.82) is 0 Å². The standard InChI is InChI=1S/C9H19N3O2/c1-6(2)5-12(7(3)4)9(14)8(13)11-10/h6-7H,5,10H2,1-4H3,(H,11,13). The third kappa shape index (κ3) is 3.74. The zero-order valence-electron chi connectivity index (χ0n) is 9.20. The Balaban J connectivity index is 4.49. The summed E-state index contributed by atoms with van der Waals surface area (Å²) >= 11 is 0. The number of amides is 2. The third-order valence-electron chi connectivity index (χ3n) is 1.77. The predicted molar refractivity (Wildman–Crippen MR) is 54.0 cm³/mol. The fourth-order valence-corrected chi connectivity index (χ4v) is 1.11. The Kier molecular flexibility index (Phi) is 5.15. The number of carbonyl (C=O) groups is 2. The van der Waals surface area contributed by atoms with Gasteiger partial charge in [0.25, 0.3) is 0 Å². The molecule has 0 heterocycles. The Morgan fingerprint density at radius 3 is 2.07 bits per heavy atom. The highest BCUT2D eigenvalue weighted by molar-refractivity contribution is 6.34. The maximum atomic E-state index is 11.5. The molecule has 0 unspecified atom stereocenters. The molecule has 5 nitrogen and oxygen atoms in total. The predicted octanol–water partition coefficient (Wildman–Crippen LogP) is -0.131. The third-order valence-corrected chi connectivity index (χ3v) is 1.77. The smallest absolute Gasteiger partial charge is 0.323 e. The monoisotopic (exact) mass is 201 g/mol. The molecule has 0 aromatic heterocycles. The zero-order chi connectivity index (χ0) is 11.3. The van der Waals surface area contributed by atoms with E-state index in [-0.39, 0.29) is 6.04 Å². The van der Waals surface area contributed by atoms with Crippen LogP contribution in [0.1, 0.15) is 27.7 Å². The molecule has 0 spiro atoms. The molecule has 0 aliphatic heterocycles. The zero-order valence-corrected chi connectivity index (χ0v) is 9.20. The first-order valence-corrected chi connectivity index (χ1v) is 4.71. The lowest BCUT2D eigenvalue weighted by molar-refractivity contribution is -0.147. The van der Waals surface area contributed by atoms with E-state index in [4.69, 9.17) is 5.84 Å². The van der Waals surface area contributed by atoms with Crippen molar-refractivity contribution in [1.82, 2.24) is 10.3 Å². The van der Waals surface area contributed by atoms with Gasteiger partial charge in [-0.15, -0.1) is 0 Å². The van der Waals surface area contributed by atoms with Crippen LogP contribution < -0.4 is 11.3 Å². The average Bonchev–Trinajstić information content (AvgIpc) is 2.11. The molecule has 0 aliphatic rings. The summed E-state index contributed by atoms with van der Waals surface area (Å²) < 4.78 is 0. The van der Waals surface area contributed by atoms with Crippen molar-refractivity contribution in [2.45, 2.75) is 33.7 Å². The van der Waals surface area contributed by atoms with Gasteiger partial charge in [0.1, 0.15) is 0 Å². The maximum Gasteiger partial charge on any atom is 0.323 e. The normalized spacial score (nSPS) is 10.5. The van der Waals surface area contributed by atoms with Crippen molar-refractivity contribution in [3.8, 4) is 0 Å². The summed E-state index contributed by atoms with van der Waals surface area (Å²) in [7, 11) is 0. The second-order valence-corrected chi connectivity index (χ2v) is 3.92. The first-order chi connectivity index (χ1) is 6.40. The molecular weight excluding hydrogens is 182 g/mol. The molecule has 0 saturated heterocycles. The molecule has 0 saturated carbocycles. The number of nitrogens with two attached hydrogens (primary N) is 1. The summed E-state index contributed by atoms with van der Waals surface area (Å²) in [6.45, 7) is 8.27. The molecule has 0 aromatic carbocycles. The maximum absolute atomic E-state index is 11.5. The van der Waals surface area contributed by atoms with Gasteiger partial charge in [-0.25, -0.2) is 5.84 Å². The molecule has 14 heavy (non-hydrogen) atoms. The van der Waals surface area contributed by atoms with Gasteiger partial charge in [0.15, 0.2) is 0 Å². The minimum absolute atomic E-state index is 0.00204. The number of hydrazine groups is 1. The lowest BCUT2D eigenvalue weighted by atomic mass is 10.2. The summed E-state index contributed by atoms with van der Waals surface area (Å²) in [5, 5.41) is 0. The van der Waals surface area contributed by atoms with Crippen molar-refractivity contribution in [2.75, 3.05) is 6.54 Å². The van der Waals surface area contributed by atoms with Gasteiger partial charge in [0, 0.05) is 12.6 Å². The summed E-state index contributed by atoms with van der Waals surface area (Å²) in [5.74, 6) is 3.88. The van der Waals surface area contributed by atoms with Crippen LogP contribution in [0.2, 0.25) is 0 Å². The van der Waals surface area contributed by atoms with Gasteiger partial charge >= 0.3 is 11.8 Å². The fraction of sp³-hybridized carbons (Fsp3) is 0.778. The van der Waals surface area contributed by atoms with Crippen LogP contribution in [-0.2, 0) is 9.59 Å². The molecule has 0 aromatic rings. The Morgan fingerprint density at radius 1 is 1.29 bits per heavy atom. The second-order valence-electron chi connectivity index (χ2n) is 3.92. The van der Waals surface area contributed by atoms with E-state index in [1.165, 1.54) is 4.90 Å². The summed E-state index contributed by atoms with van der Waals surface area (Å²) in [5.41, 5.74) is 1.84. The Labute approximate surface area is 84.6 Å². The Hall–Kier alpha value is -1.10. The van der Waals surface area contributed by atoms with Crippen molar-refractivity contribution in [2.24, 2.45) is 11.8 Å². The second kappa shape index (κ2) is 5.59. The van der Waals surface area contributed by atoms with Crippen molar-refractivity contribution in [3.63, 3.8) is 0 Å². The Bertz CT molecular complexity index is 214. The number of rotatable bonds is 3. The van der Waals surface area contributed by atoms with Gasteiger partial charge in [-0.05, 0) is 19.8 Å². The largest absolute Gasteiger partial charge is 0.332 e. The van der Waals surface area contributed by atoms with E-state index in [9.17, 15) is 9.59 Å². The van der Waals surface area contributed by atoms with Gasteiger partial charge in [0.05, 0.1) is 0 Å². The van der Waals surface area contributed by atoms with Crippen LogP contribution in [0, 0.1) is 5.92 Å². The van der Waals surface area contributed by atoms with E-state index in [1.54, 1.807) is 0 Å². The molecule has 0 aliphatic carbocycles. The highest BCUT2D eigenvalue weighted by Gasteiger charge is 2.23. The minimum Gasteiger partial charge on any atom is -0.332 e. The molecule has 0 atom stereocenters. The SMILES string of the molecule is CC(C)CN(C(=O)C(=O)NN)C(C)C. The van der Waals surface area contributed by atoms with Crippen LogP contribution in [0.25, 0.3) is 0 Å². The lowest BCUT2D eigenvalue weighted by Crippen LogP contribution is -2.49. The molecule has 3 N–H and O–H groups in total. The molecule has 0 radical (unpaired) electrons. The van der Waals surface area contributed by atoms with Crippen LogP contribution in [0.4, 0.5) is 0 Å². The van der Waals surface area contributed by atoms with Gasteiger partial charge in [-0.2, -0.15) is 0 Å². The topological polar surface area (TPSA) is 75.4 Å². The molecular formula is C9H19N3O2. The molecule has 0 rings (SSSR count). The highest BCUT2D eigenvalue weighted by atomic mass is 16.2. The molecule has 0 bridgehead atoms. The van der Waals surface area contributed by atoms with E-state index >= 15 is 0 Å². The summed E-state index contributed by atoms with van der Waals surface area (Å²) in [4.78, 5) is 24.0. The molecule has 2 amide bonds. The van der Waals surface area contributed by atoms with Gasteiger partial charge < -0.3 is 4.90 Å². The summed E-state index contributed by atoms with van der Waals surface area (Å²) in [6.07, 6.45) is 0. The molecule has 0 fully saturated rings. The van der Waals surface area contributed by atoms with Crippen LogP contribution in [0.5, 0.6) is 0 Å². The first kappa shape index (κ1) is 12.9. The minimum atomic E-state index is -0.764. The van der Waals surface area contributed by atoms with Crippen LogP contribution in [0.15, 0.2) is 0 Å². The van der Waals surface area contributed by atoms with E-state index in [2.05, 4.69) is 0 Å². The van der Waals surface area contributed by atoms with E-state index in [0.29, 0.717) is 12.5 Å². The average molecular weight is 201 g/mol. The van der Waals surface area contributed by atoms with Crippen molar-refractivity contribution in [3.05, 3.63) is 0 Å². The van der Waals surface area contributed by atoms with E-state index in [0.717, 1.165) is 0 Å². The van der Waals surface area contributed by atoms with Gasteiger partial charge in [-0.1, -0.05) is 13.8 Å². The quantitative estimate of drug-likeness (QED) is 0.289. The van der Waals surface area contributed by atoms with Gasteiger partial charge in [-0.3, -0.25) is 15.0 Å². The van der Waals surface area contributed by atoms with E-state index in [1.807, 2.05) is 33.1 Å². The van der Waals surface area contributed by atoms with Crippen LogP contribution in [0.3, 0.4) is 0 Å². The number of hydrogen-bond donors (Lipinski definition) is 2. The lowest BCUT2D eigenvalue weighted by Gasteiger charge is -2.27. The number of hydrogen-bond acceptors (Lipinski definition) is 3. The van der Waals surface area contributed by atoms with Crippen molar-refractivity contribution < 1.29 is 9.59 Å². The summed E-state index contributed by atoms with van der Waals surface area (Å²) in [6, 6.07) is 0.00204. The van der Waals surface area contributed by atoms with E-state index < -0.39 is 11.8 Å². The van der Waals surface area contributed by atoms with Crippen LogP contribution in [-0.4, -0.2) is 29.3 Å². The number of nitrogens with zero attached hydrogens (tertiary/aromatic N) is 1. The molecule has 5 heteroatoms. The fourth-order valence-electron chi connectivity index (χ4n) is 1.11. The van der Waals surface area contributed by atoms with Gasteiger partial charge in [0.2, 0.25) is 0 Å².